The number of nitrogens with zero attached hydrogens (tertiary/aromatic N) is 1. The van der Waals surface area contributed by atoms with Crippen molar-refractivity contribution >= 4 is 23.6 Å². The Hall–Kier alpha value is -2.34. The van der Waals surface area contributed by atoms with Crippen LogP contribution in [0.1, 0.15) is 35.6 Å². The summed E-state index contributed by atoms with van der Waals surface area (Å²) in [5, 5.41) is 2.64. The Balaban J connectivity index is 2.10. The van der Waals surface area contributed by atoms with Crippen LogP contribution < -0.4 is 5.32 Å². The number of nitrogens with one attached hydrogen (secondary N) is 1. The zero-order valence-electron chi connectivity index (χ0n) is 17.5. The number of carbonyl (C=O) groups is 2. The van der Waals surface area contributed by atoms with Crippen molar-refractivity contribution in [2.45, 2.75) is 45.5 Å². The van der Waals surface area contributed by atoms with Gasteiger partial charge in [-0.05, 0) is 43.5 Å². The smallest absolute Gasteiger partial charge is 0.242 e. The second kappa shape index (κ2) is 11.0. The molecule has 2 aromatic rings. The molecule has 0 radical (unpaired) electrons. The maximum atomic E-state index is 13.2. The minimum absolute atomic E-state index is 0.0980. The normalized spacial score (nSPS) is 11.8. The Morgan fingerprint density at radius 2 is 1.69 bits per heavy atom. The van der Waals surface area contributed by atoms with E-state index in [0.717, 1.165) is 11.3 Å². The number of aryl methyl sites for hydroxylation is 2. The fourth-order valence-corrected chi connectivity index (χ4v) is 4.21. The summed E-state index contributed by atoms with van der Waals surface area (Å²) in [5.74, 6) is 0.396. The van der Waals surface area contributed by atoms with Crippen LogP contribution in [0.5, 0.6) is 0 Å². The molecule has 1 N–H and O–H groups in total. The fraction of sp³-hybridized carbons (Fsp3) is 0.391. The topological polar surface area (TPSA) is 49.4 Å². The summed E-state index contributed by atoms with van der Waals surface area (Å²) in [4.78, 5) is 26.9. The van der Waals surface area contributed by atoms with Gasteiger partial charge >= 0.3 is 0 Å². The molecular weight excluding hydrogens is 387 g/mol. The number of benzene rings is 2. The summed E-state index contributed by atoms with van der Waals surface area (Å²) < 4.78 is 13.2. The van der Waals surface area contributed by atoms with E-state index in [1.54, 1.807) is 24.1 Å². The molecule has 0 aromatic heterocycles. The molecule has 0 spiro atoms. The van der Waals surface area contributed by atoms with Crippen LogP contribution >= 0.6 is 11.8 Å². The number of amides is 2. The maximum absolute atomic E-state index is 13.2. The molecule has 0 aliphatic heterocycles. The molecule has 0 heterocycles. The first kappa shape index (κ1) is 22.9. The monoisotopic (exact) mass is 416 g/mol. The van der Waals surface area contributed by atoms with Gasteiger partial charge in [-0.25, -0.2) is 4.39 Å². The molecule has 0 unspecified atom stereocenters. The van der Waals surface area contributed by atoms with E-state index in [-0.39, 0.29) is 29.9 Å². The molecule has 0 aliphatic carbocycles. The number of thioether (sulfide) groups is 1. The SMILES string of the molecule is CC[C@H](C(=O)NC)N(Cc1ccc(F)cc1)C(=O)CSCc1cc(C)cc(C)c1. The van der Waals surface area contributed by atoms with Crippen LogP contribution in [0.3, 0.4) is 0 Å². The summed E-state index contributed by atoms with van der Waals surface area (Å²) >= 11 is 1.54. The molecule has 1 atom stereocenters. The first-order valence-electron chi connectivity index (χ1n) is 9.74. The van der Waals surface area contributed by atoms with Crippen molar-refractivity contribution < 1.29 is 14.0 Å². The summed E-state index contributed by atoms with van der Waals surface area (Å²) in [6.07, 6.45) is 0.508. The summed E-state index contributed by atoms with van der Waals surface area (Å²) in [7, 11) is 1.57. The molecule has 156 valence electrons. The minimum atomic E-state index is -0.556. The van der Waals surface area contributed by atoms with Gasteiger partial charge in [-0.3, -0.25) is 9.59 Å². The Morgan fingerprint density at radius 1 is 1.07 bits per heavy atom. The van der Waals surface area contributed by atoms with E-state index >= 15 is 0 Å². The minimum Gasteiger partial charge on any atom is -0.357 e. The number of hydrogen-bond donors (Lipinski definition) is 1. The zero-order chi connectivity index (χ0) is 21.4. The van der Waals surface area contributed by atoms with Crippen LogP contribution in [0.4, 0.5) is 4.39 Å². The third kappa shape index (κ3) is 6.89. The first-order chi connectivity index (χ1) is 13.8. The van der Waals surface area contributed by atoms with Crippen molar-refractivity contribution in [1.82, 2.24) is 10.2 Å². The molecule has 0 saturated carbocycles. The van der Waals surface area contributed by atoms with E-state index in [4.69, 9.17) is 0 Å². The predicted molar refractivity (Wildman–Crippen MR) is 117 cm³/mol. The van der Waals surface area contributed by atoms with Crippen LogP contribution in [0.15, 0.2) is 42.5 Å². The number of carbonyl (C=O) groups excluding carboxylic acids is 2. The Morgan fingerprint density at radius 3 is 2.24 bits per heavy atom. The van der Waals surface area contributed by atoms with Crippen molar-refractivity contribution in [1.29, 1.82) is 0 Å². The van der Waals surface area contributed by atoms with Crippen molar-refractivity contribution in [3.05, 3.63) is 70.5 Å². The number of halogens is 1. The highest BCUT2D eigenvalue weighted by molar-refractivity contribution is 7.99. The van der Waals surface area contributed by atoms with Crippen LogP contribution in [0, 0.1) is 19.7 Å². The molecule has 6 heteroatoms. The van der Waals surface area contributed by atoms with Crippen molar-refractivity contribution in [3.8, 4) is 0 Å². The zero-order valence-corrected chi connectivity index (χ0v) is 18.3. The largest absolute Gasteiger partial charge is 0.357 e. The first-order valence-corrected chi connectivity index (χ1v) is 10.9. The average molecular weight is 417 g/mol. The Labute approximate surface area is 176 Å². The fourth-order valence-electron chi connectivity index (χ4n) is 3.36. The number of likely N-dealkylation sites (N-methyl/N-ethyl adjacent to an activating group) is 1. The van der Waals surface area contributed by atoms with Crippen molar-refractivity contribution in [2.75, 3.05) is 12.8 Å². The van der Waals surface area contributed by atoms with Gasteiger partial charge in [0.05, 0.1) is 5.75 Å². The van der Waals surface area contributed by atoms with Gasteiger partial charge in [0.1, 0.15) is 11.9 Å². The molecule has 29 heavy (non-hydrogen) atoms. The molecule has 0 bridgehead atoms. The highest BCUT2D eigenvalue weighted by Crippen LogP contribution is 2.19. The second-order valence-corrected chi connectivity index (χ2v) is 8.16. The third-order valence-corrected chi connectivity index (χ3v) is 5.66. The summed E-state index contributed by atoms with van der Waals surface area (Å²) in [6, 6.07) is 11.9. The Kier molecular flexibility index (Phi) is 8.70. The van der Waals surface area contributed by atoms with Crippen molar-refractivity contribution in [3.63, 3.8) is 0 Å². The van der Waals surface area contributed by atoms with E-state index in [9.17, 15) is 14.0 Å². The van der Waals surface area contributed by atoms with Crippen LogP contribution in [-0.2, 0) is 21.9 Å². The lowest BCUT2D eigenvalue weighted by atomic mass is 10.1. The standard InChI is InChI=1S/C23H29FN2O2S/c1-5-21(23(28)25-4)26(13-18-6-8-20(24)9-7-18)22(27)15-29-14-19-11-16(2)10-17(3)12-19/h6-12,21H,5,13-15H2,1-4H3,(H,25,28)/t21-/m1/s1. The van der Waals surface area contributed by atoms with Crippen LogP contribution in [-0.4, -0.2) is 35.6 Å². The molecule has 2 amide bonds. The van der Waals surface area contributed by atoms with Crippen LogP contribution in [0.2, 0.25) is 0 Å². The van der Waals surface area contributed by atoms with Gasteiger partial charge < -0.3 is 10.2 Å². The van der Waals surface area contributed by atoms with E-state index in [2.05, 4.69) is 37.4 Å². The lowest BCUT2D eigenvalue weighted by Crippen LogP contribution is -2.48. The van der Waals surface area contributed by atoms with Crippen LogP contribution in [0.25, 0.3) is 0 Å². The van der Waals surface area contributed by atoms with Gasteiger partial charge in [0.15, 0.2) is 0 Å². The van der Waals surface area contributed by atoms with Gasteiger partial charge in [0, 0.05) is 19.3 Å². The molecule has 2 aromatic carbocycles. The average Bonchev–Trinajstić information content (AvgIpc) is 2.68. The number of hydrogen-bond acceptors (Lipinski definition) is 3. The van der Waals surface area contributed by atoms with Gasteiger partial charge in [-0.1, -0.05) is 48.4 Å². The molecule has 0 saturated heterocycles. The third-order valence-electron chi connectivity index (χ3n) is 4.67. The van der Waals surface area contributed by atoms with E-state index in [0.29, 0.717) is 6.42 Å². The van der Waals surface area contributed by atoms with Gasteiger partial charge in [0.2, 0.25) is 11.8 Å². The van der Waals surface area contributed by atoms with Gasteiger partial charge in [-0.2, -0.15) is 0 Å². The molecule has 4 nitrogen and oxygen atoms in total. The number of rotatable bonds is 9. The van der Waals surface area contributed by atoms with Gasteiger partial charge in [0.25, 0.3) is 0 Å². The molecular formula is C23H29FN2O2S. The maximum Gasteiger partial charge on any atom is 0.242 e. The highest BCUT2D eigenvalue weighted by Gasteiger charge is 2.27. The van der Waals surface area contributed by atoms with E-state index < -0.39 is 6.04 Å². The summed E-state index contributed by atoms with van der Waals surface area (Å²) in [5.41, 5.74) is 4.39. The predicted octanol–water partition coefficient (Wildman–Crippen LogP) is 4.23. The summed E-state index contributed by atoms with van der Waals surface area (Å²) in [6.45, 7) is 6.28. The Bertz CT molecular complexity index is 819. The van der Waals surface area contributed by atoms with Gasteiger partial charge in [-0.15, -0.1) is 11.8 Å². The molecule has 0 aliphatic rings. The lowest BCUT2D eigenvalue weighted by molar-refractivity contribution is -0.139. The lowest BCUT2D eigenvalue weighted by Gasteiger charge is -2.30. The second-order valence-electron chi connectivity index (χ2n) is 7.18. The van der Waals surface area contributed by atoms with Crippen molar-refractivity contribution in [2.24, 2.45) is 0 Å². The highest BCUT2D eigenvalue weighted by atomic mass is 32.2. The van der Waals surface area contributed by atoms with E-state index in [1.165, 1.54) is 40.6 Å². The molecule has 2 rings (SSSR count). The quantitative estimate of drug-likeness (QED) is 0.666. The molecule has 0 fully saturated rings. The van der Waals surface area contributed by atoms with E-state index in [1.807, 2.05) is 6.92 Å².